The standard InChI is InChI=1S/C23H34NO10PS/c1-6-29-35(28,30-7-2)13-12-19-20(31-14(3)25)21(32-15(4)26)22(33-16(5)27)23(34-19)36-18-10-8-17(24)9-11-18/h8-11,19-23H,6-7,12-13,24H2,1-5H3/t19-,20-,21+,22+,23+/m1/s1. The molecule has 1 aromatic carbocycles. The van der Waals surface area contributed by atoms with Crippen molar-refractivity contribution in [3.63, 3.8) is 0 Å². The summed E-state index contributed by atoms with van der Waals surface area (Å²) in [4.78, 5) is 36.7. The number of benzene rings is 1. The van der Waals surface area contributed by atoms with Crippen LogP contribution in [0.3, 0.4) is 0 Å². The molecule has 2 rings (SSSR count). The van der Waals surface area contributed by atoms with Gasteiger partial charge in [-0.1, -0.05) is 11.8 Å². The van der Waals surface area contributed by atoms with E-state index in [0.717, 1.165) is 4.90 Å². The third-order valence-corrected chi connectivity index (χ3v) is 8.23. The van der Waals surface area contributed by atoms with E-state index in [9.17, 15) is 18.9 Å². The summed E-state index contributed by atoms with van der Waals surface area (Å²) in [6, 6.07) is 6.94. The maximum absolute atomic E-state index is 13.1. The highest BCUT2D eigenvalue weighted by molar-refractivity contribution is 7.99. The Bertz CT molecular complexity index is 933. The summed E-state index contributed by atoms with van der Waals surface area (Å²) < 4.78 is 46.6. The molecule has 0 saturated carbocycles. The van der Waals surface area contributed by atoms with Crippen LogP contribution in [-0.2, 0) is 46.9 Å². The fraction of sp³-hybridized carbons (Fsp3) is 0.609. The van der Waals surface area contributed by atoms with Crippen LogP contribution in [0, 0.1) is 0 Å². The van der Waals surface area contributed by atoms with Crippen LogP contribution in [0.5, 0.6) is 0 Å². The number of rotatable bonds is 12. The molecule has 5 atom stereocenters. The smallest absolute Gasteiger partial charge is 0.330 e. The quantitative estimate of drug-likeness (QED) is 0.176. The molecule has 36 heavy (non-hydrogen) atoms. The van der Waals surface area contributed by atoms with E-state index in [2.05, 4.69) is 0 Å². The fourth-order valence-corrected chi connectivity index (χ4v) is 6.50. The maximum Gasteiger partial charge on any atom is 0.330 e. The Hall–Kier alpha value is -2.11. The van der Waals surface area contributed by atoms with E-state index in [1.54, 1.807) is 38.1 Å². The average molecular weight is 548 g/mol. The number of esters is 3. The van der Waals surface area contributed by atoms with Crippen LogP contribution in [-0.4, -0.2) is 67.1 Å². The minimum absolute atomic E-state index is 0.0403. The van der Waals surface area contributed by atoms with Crippen LogP contribution in [0.1, 0.15) is 41.0 Å². The maximum atomic E-state index is 13.1. The predicted octanol–water partition coefficient (Wildman–Crippen LogP) is 3.54. The van der Waals surface area contributed by atoms with Gasteiger partial charge in [0.05, 0.1) is 19.4 Å². The predicted molar refractivity (Wildman–Crippen MR) is 132 cm³/mol. The van der Waals surface area contributed by atoms with Gasteiger partial charge in [0, 0.05) is 31.4 Å². The van der Waals surface area contributed by atoms with Crippen molar-refractivity contribution in [2.24, 2.45) is 0 Å². The van der Waals surface area contributed by atoms with Crippen molar-refractivity contribution in [1.82, 2.24) is 0 Å². The Morgan fingerprint density at radius 2 is 1.39 bits per heavy atom. The summed E-state index contributed by atoms with van der Waals surface area (Å²) in [6.45, 7) is 7.36. The second-order valence-corrected chi connectivity index (χ2v) is 11.3. The number of hydrogen-bond acceptors (Lipinski definition) is 12. The molecule has 1 aliphatic rings. The largest absolute Gasteiger partial charge is 0.456 e. The van der Waals surface area contributed by atoms with Crippen molar-refractivity contribution in [1.29, 1.82) is 0 Å². The van der Waals surface area contributed by atoms with Crippen LogP contribution < -0.4 is 5.73 Å². The van der Waals surface area contributed by atoms with Gasteiger partial charge in [-0.2, -0.15) is 0 Å². The first-order valence-electron chi connectivity index (χ1n) is 11.6. The molecular formula is C23H34NO10PS. The number of anilines is 1. The van der Waals surface area contributed by atoms with Gasteiger partial charge in [-0.25, -0.2) is 0 Å². The second-order valence-electron chi connectivity index (χ2n) is 7.91. The number of nitrogens with two attached hydrogens (primary N) is 1. The topological polar surface area (TPSA) is 150 Å². The molecule has 0 spiro atoms. The molecule has 1 aliphatic heterocycles. The van der Waals surface area contributed by atoms with Crippen molar-refractivity contribution in [2.45, 2.75) is 75.8 Å². The van der Waals surface area contributed by atoms with E-state index in [1.165, 1.54) is 32.5 Å². The van der Waals surface area contributed by atoms with Gasteiger partial charge in [0.15, 0.2) is 18.3 Å². The number of ether oxygens (including phenoxy) is 4. The normalized spacial score (nSPS) is 24.1. The molecule has 13 heteroatoms. The van der Waals surface area contributed by atoms with Gasteiger partial charge in [0.1, 0.15) is 11.5 Å². The first-order chi connectivity index (χ1) is 17.0. The second kappa shape index (κ2) is 14.0. The number of hydrogen-bond donors (Lipinski definition) is 1. The van der Waals surface area contributed by atoms with Crippen molar-refractivity contribution in [2.75, 3.05) is 25.1 Å². The number of carbonyl (C=O) groups is 3. The number of thioether (sulfide) groups is 1. The zero-order valence-corrected chi connectivity index (χ0v) is 22.8. The highest BCUT2D eigenvalue weighted by atomic mass is 32.2. The Kier molecular flexibility index (Phi) is 11.7. The zero-order chi connectivity index (χ0) is 26.9. The molecule has 0 unspecified atom stereocenters. The molecule has 0 aromatic heterocycles. The molecule has 1 heterocycles. The van der Waals surface area contributed by atoms with Crippen LogP contribution in [0.15, 0.2) is 29.2 Å². The Morgan fingerprint density at radius 1 is 0.889 bits per heavy atom. The summed E-state index contributed by atoms with van der Waals surface area (Å²) in [5.41, 5.74) is 5.48. The molecule has 0 amide bonds. The third-order valence-electron chi connectivity index (χ3n) is 4.97. The van der Waals surface area contributed by atoms with Gasteiger partial charge >= 0.3 is 25.5 Å². The summed E-state index contributed by atoms with van der Waals surface area (Å²) >= 11 is 1.21. The molecule has 1 fully saturated rings. The minimum atomic E-state index is -3.46. The van der Waals surface area contributed by atoms with Gasteiger partial charge in [-0.3, -0.25) is 18.9 Å². The Balaban J connectivity index is 2.45. The van der Waals surface area contributed by atoms with Crippen LogP contribution in [0.4, 0.5) is 5.69 Å². The van der Waals surface area contributed by atoms with E-state index >= 15 is 0 Å². The van der Waals surface area contributed by atoms with Gasteiger partial charge in [0.2, 0.25) is 0 Å². The lowest BCUT2D eigenvalue weighted by Gasteiger charge is -2.44. The molecule has 11 nitrogen and oxygen atoms in total. The first-order valence-corrected chi connectivity index (χ1v) is 14.2. The summed E-state index contributed by atoms with van der Waals surface area (Å²) in [6.07, 6.45) is -4.28. The zero-order valence-electron chi connectivity index (χ0n) is 21.0. The lowest BCUT2D eigenvalue weighted by Crippen LogP contribution is -2.60. The Morgan fingerprint density at radius 3 is 1.89 bits per heavy atom. The molecule has 2 N–H and O–H groups in total. The van der Waals surface area contributed by atoms with Crippen molar-refractivity contribution in [3.8, 4) is 0 Å². The molecule has 1 saturated heterocycles. The van der Waals surface area contributed by atoms with Gasteiger partial charge in [0.25, 0.3) is 0 Å². The average Bonchev–Trinajstić information content (AvgIpc) is 2.77. The molecular weight excluding hydrogens is 513 g/mol. The third kappa shape index (κ3) is 9.08. The molecule has 0 aliphatic carbocycles. The van der Waals surface area contributed by atoms with Crippen LogP contribution >= 0.6 is 19.4 Å². The highest BCUT2D eigenvalue weighted by Crippen LogP contribution is 2.50. The number of nitrogen functional groups attached to an aromatic ring is 1. The number of carbonyl (C=O) groups excluding carboxylic acids is 3. The van der Waals surface area contributed by atoms with Gasteiger partial charge in [-0.05, 0) is 44.5 Å². The monoisotopic (exact) mass is 547 g/mol. The van der Waals surface area contributed by atoms with E-state index < -0.39 is 55.4 Å². The van der Waals surface area contributed by atoms with Gasteiger partial charge in [-0.15, -0.1) is 0 Å². The lowest BCUT2D eigenvalue weighted by molar-refractivity contribution is -0.232. The SMILES string of the molecule is CCOP(=O)(CC[C@H]1O[C@@H](Sc2ccc(N)cc2)[C@@H](OC(C)=O)[C@@H](OC(C)=O)[C@@H]1OC(C)=O)OCC. The van der Waals surface area contributed by atoms with Crippen LogP contribution in [0.25, 0.3) is 0 Å². The lowest BCUT2D eigenvalue weighted by atomic mass is 9.97. The van der Waals surface area contributed by atoms with E-state index in [1.807, 2.05) is 0 Å². The Labute approximate surface area is 215 Å². The summed E-state index contributed by atoms with van der Waals surface area (Å²) in [7, 11) is -3.46. The van der Waals surface area contributed by atoms with Crippen molar-refractivity contribution in [3.05, 3.63) is 24.3 Å². The van der Waals surface area contributed by atoms with Crippen LogP contribution in [0.2, 0.25) is 0 Å². The molecule has 0 bridgehead atoms. The minimum Gasteiger partial charge on any atom is -0.456 e. The first kappa shape index (κ1) is 30.1. The van der Waals surface area contributed by atoms with E-state index in [-0.39, 0.29) is 25.8 Å². The fourth-order valence-electron chi connectivity index (χ4n) is 3.71. The molecule has 0 radical (unpaired) electrons. The highest BCUT2D eigenvalue weighted by Gasteiger charge is 2.52. The summed E-state index contributed by atoms with van der Waals surface area (Å²) in [5.74, 6) is -1.96. The summed E-state index contributed by atoms with van der Waals surface area (Å²) in [5, 5.41) is 0. The molecule has 202 valence electrons. The molecule has 1 aromatic rings. The van der Waals surface area contributed by atoms with E-state index in [4.69, 9.17) is 33.7 Å². The van der Waals surface area contributed by atoms with Gasteiger partial charge < -0.3 is 33.7 Å². The van der Waals surface area contributed by atoms with Crippen molar-refractivity contribution >= 4 is 43.0 Å². The van der Waals surface area contributed by atoms with Crippen molar-refractivity contribution < 1.29 is 46.9 Å². The van der Waals surface area contributed by atoms with E-state index in [0.29, 0.717) is 5.69 Å².